The average molecular weight is 491 g/mol. The lowest BCUT2D eigenvalue weighted by Crippen LogP contribution is -2.37. The average Bonchev–Trinajstić information content (AvgIpc) is 3.33. The highest BCUT2D eigenvalue weighted by Gasteiger charge is 2.24. The van der Waals surface area contributed by atoms with Gasteiger partial charge in [0.05, 0.1) is 11.3 Å². The Morgan fingerprint density at radius 3 is 2.58 bits per heavy atom. The number of nitrogen functional groups attached to an aromatic ring is 1. The van der Waals surface area contributed by atoms with Crippen LogP contribution in [0.3, 0.4) is 0 Å². The second kappa shape index (κ2) is 10.1. The van der Waals surface area contributed by atoms with Gasteiger partial charge < -0.3 is 25.8 Å². The zero-order chi connectivity index (χ0) is 26.0. The van der Waals surface area contributed by atoms with Crippen molar-refractivity contribution in [3.8, 4) is 0 Å². The predicted molar refractivity (Wildman–Crippen MR) is 141 cm³/mol. The van der Waals surface area contributed by atoms with E-state index in [0.717, 1.165) is 31.5 Å². The molecule has 1 aliphatic rings. The van der Waals surface area contributed by atoms with Gasteiger partial charge in [-0.3, -0.25) is 10.2 Å². The molecule has 0 aliphatic carbocycles. The maximum absolute atomic E-state index is 12.8. The van der Waals surface area contributed by atoms with Gasteiger partial charge in [-0.25, -0.2) is 9.97 Å². The summed E-state index contributed by atoms with van der Waals surface area (Å²) in [5.41, 5.74) is 8.84. The summed E-state index contributed by atoms with van der Waals surface area (Å²) >= 11 is 0. The van der Waals surface area contributed by atoms with Gasteiger partial charge >= 0.3 is 0 Å². The molecule has 0 radical (unpaired) electrons. The number of benzene rings is 1. The fraction of sp³-hybridized carbons (Fsp3) is 0.423. The zero-order valence-corrected chi connectivity index (χ0v) is 21.5. The van der Waals surface area contributed by atoms with E-state index in [0.29, 0.717) is 28.4 Å². The van der Waals surface area contributed by atoms with Crippen molar-refractivity contribution < 1.29 is 9.32 Å². The molecule has 1 saturated heterocycles. The number of rotatable bonds is 6. The van der Waals surface area contributed by atoms with Crippen molar-refractivity contribution >= 4 is 28.9 Å². The van der Waals surface area contributed by atoms with E-state index in [4.69, 9.17) is 15.7 Å². The molecule has 0 spiro atoms. The zero-order valence-electron chi connectivity index (χ0n) is 21.5. The van der Waals surface area contributed by atoms with Crippen molar-refractivity contribution in [1.82, 2.24) is 20.0 Å². The lowest BCUT2D eigenvalue weighted by atomic mass is 9.93. The molecule has 3 aromatic rings. The molecule has 10 nitrogen and oxygen atoms in total. The Balaban J connectivity index is 1.57. The summed E-state index contributed by atoms with van der Waals surface area (Å²) in [5, 5.41) is 19.3. The third kappa shape index (κ3) is 5.54. The number of carbonyl (C=O) groups is 1. The molecule has 1 fully saturated rings. The lowest BCUT2D eigenvalue weighted by molar-refractivity contribution is 0.101. The SMILES string of the molecule is Cc1ccc(NC(=O)c2cc(C(C)(C)C)on2)cc1C(=N)c1c(N)ncnc1NC1CCN(C)CC1. The van der Waals surface area contributed by atoms with E-state index >= 15 is 0 Å². The Hall–Kier alpha value is -3.79. The third-order valence-electron chi connectivity index (χ3n) is 6.43. The van der Waals surface area contributed by atoms with Crippen LogP contribution in [0.15, 0.2) is 35.1 Å². The summed E-state index contributed by atoms with van der Waals surface area (Å²) in [6.07, 6.45) is 3.37. The minimum absolute atomic E-state index is 0.189. The van der Waals surface area contributed by atoms with Crippen molar-refractivity contribution in [2.45, 2.75) is 52.0 Å². The van der Waals surface area contributed by atoms with Gasteiger partial charge in [0.2, 0.25) is 0 Å². The van der Waals surface area contributed by atoms with Crippen molar-refractivity contribution in [2.24, 2.45) is 0 Å². The fourth-order valence-electron chi connectivity index (χ4n) is 4.14. The summed E-state index contributed by atoms with van der Waals surface area (Å²) in [6, 6.07) is 7.29. The predicted octanol–water partition coefficient (Wildman–Crippen LogP) is 3.83. The monoisotopic (exact) mass is 490 g/mol. The van der Waals surface area contributed by atoms with Crippen molar-refractivity contribution in [3.63, 3.8) is 0 Å². The minimum atomic E-state index is -0.386. The van der Waals surface area contributed by atoms with Gasteiger partial charge in [-0.05, 0) is 57.6 Å². The molecular formula is C26H34N8O2. The smallest absolute Gasteiger partial charge is 0.277 e. The van der Waals surface area contributed by atoms with Crippen LogP contribution in [-0.2, 0) is 5.41 Å². The number of likely N-dealkylation sites (tertiary alicyclic amines) is 1. The van der Waals surface area contributed by atoms with E-state index in [-0.39, 0.29) is 34.6 Å². The first-order valence-corrected chi connectivity index (χ1v) is 12.1. The topological polar surface area (TPSA) is 146 Å². The highest BCUT2D eigenvalue weighted by molar-refractivity contribution is 6.17. The van der Waals surface area contributed by atoms with E-state index in [1.807, 2.05) is 33.8 Å². The van der Waals surface area contributed by atoms with Gasteiger partial charge in [-0.2, -0.15) is 0 Å². The first-order valence-electron chi connectivity index (χ1n) is 12.1. The maximum atomic E-state index is 12.8. The second-order valence-corrected chi connectivity index (χ2v) is 10.4. The van der Waals surface area contributed by atoms with Gasteiger partial charge in [0.25, 0.3) is 5.91 Å². The standard InChI is InChI=1S/C26H34N8O2/c1-15-6-7-17(32-25(35)19-13-20(36-33-19)26(2,3)4)12-18(15)22(27)21-23(28)29-14-30-24(21)31-16-8-10-34(5)11-9-16/h6-7,12-14,16,27H,8-11H2,1-5H3,(H,32,35)(H3,28,29,30,31). The highest BCUT2D eigenvalue weighted by atomic mass is 16.5. The van der Waals surface area contributed by atoms with Gasteiger partial charge in [-0.1, -0.05) is 32.0 Å². The number of carbonyl (C=O) groups excluding carboxylic acids is 1. The first-order chi connectivity index (χ1) is 17.0. The minimum Gasteiger partial charge on any atom is -0.383 e. The van der Waals surface area contributed by atoms with Crippen molar-refractivity contribution in [1.29, 1.82) is 5.41 Å². The summed E-state index contributed by atoms with van der Waals surface area (Å²) < 4.78 is 5.34. The number of nitrogens with zero attached hydrogens (tertiary/aromatic N) is 4. The normalized spacial score (nSPS) is 15.0. The number of amides is 1. The molecular weight excluding hydrogens is 456 g/mol. The number of anilines is 3. The molecule has 0 atom stereocenters. The summed E-state index contributed by atoms with van der Waals surface area (Å²) in [4.78, 5) is 23.7. The van der Waals surface area contributed by atoms with Gasteiger partial charge in [0.1, 0.15) is 23.7 Å². The highest BCUT2D eigenvalue weighted by Crippen LogP contribution is 2.27. The molecule has 5 N–H and O–H groups in total. The lowest BCUT2D eigenvalue weighted by Gasteiger charge is -2.30. The number of piperidine rings is 1. The molecule has 190 valence electrons. The number of hydrogen-bond acceptors (Lipinski definition) is 9. The molecule has 4 rings (SSSR count). The summed E-state index contributed by atoms with van der Waals surface area (Å²) in [5.74, 6) is 1.02. The van der Waals surface area contributed by atoms with Crippen LogP contribution in [0.5, 0.6) is 0 Å². The quantitative estimate of drug-likeness (QED) is 0.381. The molecule has 2 aromatic heterocycles. The van der Waals surface area contributed by atoms with Crippen LogP contribution in [-0.4, -0.2) is 57.8 Å². The molecule has 1 amide bonds. The first kappa shape index (κ1) is 25.3. The Labute approximate surface area is 211 Å². The molecule has 0 saturated carbocycles. The number of aromatic nitrogens is 3. The molecule has 1 aliphatic heterocycles. The van der Waals surface area contributed by atoms with Crippen LogP contribution in [0.1, 0.15) is 66.6 Å². The van der Waals surface area contributed by atoms with E-state index in [1.54, 1.807) is 18.2 Å². The van der Waals surface area contributed by atoms with Crippen LogP contribution >= 0.6 is 0 Å². The Kier molecular flexibility index (Phi) is 7.07. The number of nitrogens with one attached hydrogen (secondary N) is 3. The van der Waals surface area contributed by atoms with E-state index < -0.39 is 0 Å². The van der Waals surface area contributed by atoms with Crippen LogP contribution in [0, 0.1) is 12.3 Å². The van der Waals surface area contributed by atoms with E-state index in [1.165, 1.54) is 6.33 Å². The van der Waals surface area contributed by atoms with E-state index in [9.17, 15) is 4.79 Å². The van der Waals surface area contributed by atoms with Crippen LogP contribution in [0.2, 0.25) is 0 Å². The summed E-state index contributed by atoms with van der Waals surface area (Å²) in [6.45, 7) is 9.86. The van der Waals surface area contributed by atoms with Crippen LogP contribution in [0.25, 0.3) is 0 Å². The Bertz CT molecular complexity index is 1270. The molecule has 1 aromatic carbocycles. The van der Waals surface area contributed by atoms with Gasteiger partial charge in [-0.15, -0.1) is 0 Å². The van der Waals surface area contributed by atoms with Crippen LogP contribution in [0.4, 0.5) is 17.3 Å². The Morgan fingerprint density at radius 1 is 1.19 bits per heavy atom. The third-order valence-corrected chi connectivity index (χ3v) is 6.43. The van der Waals surface area contributed by atoms with Gasteiger partial charge in [0.15, 0.2) is 5.69 Å². The molecule has 3 heterocycles. The maximum Gasteiger partial charge on any atom is 0.277 e. The van der Waals surface area contributed by atoms with Gasteiger partial charge in [0, 0.05) is 28.8 Å². The second-order valence-electron chi connectivity index (χ2n) is 10.4. The van der Waals surface area contributed by atoms with Crippen LogP contribution < -0.4 is 16.4 Å². The molecule has 0 unspecified atom stereocenters. The molecule has 36 heavy (non-hydrogen) atoms. The van der Waals surface area contributed by atoms with E-state index in [2.05, 4.69) is 37.7 Å². The van der Waals surface area contributed by atoms with Crippen molar-refractivity contribution in [3.05, 3.63) is 58.7 Å². The number of hydrogen-bond donors (Lipinski definition) is 4. The number of aryl methyl sites for hydroxylation is 1. The summed E-state index contributed by atoms with van der Waals surface area (Å²) in [7, 11) is 2.11. The largest absolute Gasteiger partial charge is 0.383 e. The fourth-order valence-corrected chi connectivity index (χ4v) is 4.14. The molecule has 10 heteroatoms. The number of nitrogens with two attached hydrogens (primary N) is 1. The van der Waals surface area contributed by atoms with Crippen molar-refractivity contribution in [2.75, 3.05) is 36.5 Å². The molecule has 0 bridgehead atoms. The Morgan fingerprint density at radius 2 is 1.92 bits per heavy atom.